The largest absolute Gasteiger partial charge is 0.388 e. The topological polar surface area (TPSA) is 63.4 Å². The Morgan fingerprint density at radius 1 is 1.26 bits per heavy atom. The van der Waals surface area contributed by atoms with Crippen LogP contribution in [0.15, 0.2) is 51.7 Å². The van der Waals surface area contributed by atoms with Gasteiger partial charge >= 0.3 is 11.6 Å². The van der Waals surface area contributed by atoms with Crippen molar-refractivity contribution in [1.82, 2.24) is 4.98 Å². The van der Waals surface area contributed by atoms with Crippen LogP contribution in [0.3, 0.4) is 0 Å². The molecule has 0 unspecified atom stereocenters. The van der Waals surface area contributed by atoms with Gasteiger partial charge < -0.3 is 4.42 Å². The van der Waals surface area contributed by atoms with Gasteiger partial charge in [0.15, 0.2) is 0 Å². The molecule has 116 valence electrons. The summed E-state index contributed by atoms with van der Waals surface area (Å²) in [6.07, 6.45) is 0. The summed E-state index contributed by atoms with van der Waals surface area (Å²) >= 11 is 7.95. The molecule has 0 saturated carbocycles. The Kier molecular flexibility index (Phi) is 4.36. The highest BCUT2D eigenvalue weighted by atomic mass is 127. The zero-order valence-corrected chi connectivity index (χ0v) is 14.8. The minimum atomic E-state index is -0.588. The molecule has 0 aliphatic heterocycles. The van der Waals surface area contributed by atoms with E-state index >= 15 is 0 Å². The molecule has 3 aromatic rings. The van der Waals surface area contributed by atoms with Crippen molar-refractivity contribution in [3.63, 3.8) is 0 Å². The Labute approximate surface area is 150 Å². The molecular weight excluding hydrogens is 431 g/mol. The van der Waals surface area contributed by atoms with E-state index in [2.05, 4.69) is 27.6 Å². The minimum Gasteiger partial charge on any atom is -0.388 e. The van der Waals surface area contributed by atoms with Crippen molar-refractivity contribution >= 4 is 57.0 Å². The standard InChI is InChI=1S/C16H10ClIN2O3/c1-20(14(21)10-4-2-3-5-12(10)18)16-19-13-7-6-9(17)8-11(13)15(22)23-16/h2-8H,1H3. The Balaban J connectivity index is 2.06. The molecule has 23 heavy (non-hydrogen) atoms. The number of anilines is 1. The number of benzene rings is 2. The number of hydrogen-bond donors (Lipinski definition) is 0. The average Bonchev–Trinajstić information content (AvgIpc) is 2.54. The van der Waals surface area contributed by atoms with Crippen molar-refractivity contribution in [2.45, 2.75) is 0 Å². The summed E-state index contributed by atoms with van der Waals surface area (Å²) in [5.74, 6) is -0.307. The first kappa shape index (κ1) is 15.9. The average molecular weight is 441 g/mol. The Morgan fingerprint density at radius 3 is 2.74 bits per heavy atom. The van der Waals surface area contributed by atoms with Gasteiger partial charge in [-0.15, -0.1) is 0 Å². The molecule has 1 amide bonds. The van der Waals surface area contributed by atoms with Crippen LogP contribution in [0, 0.1) is 3.57 Å². The van der Waals surface area contributed by atoms with E-state index in [1.54, 1.807) is 24.3 Å². The molecule has 0 N–H and O–H groups in total. The Hall–Kier alpha value is -1.93. The van der Waals surface area contributed by atoms with Crippen molar-refractivity contribution in [2.75, 3.05) is 11.9 Å². The molecular formula is C16H10ClIN2O3. The van der Waals surface area contributed by atoms with Crippen LogP contribution < -0.4 is 10.5 Å². The molecule has 7 heteroatoms. The van der Waals surface area contributed by atoms with Gasteiger partial charge in [-0.05, 0) is 52.9 Å². The van der Waals surface area contributed by atoms with Gasteiger partial charge in [-0.3, -0.25) is 9.69 Å². The van der Waals surface area contributed by atoms with Crippen molar-refractivity contribution in [3.8, 4) is 0 Å². The highest BCUT2D eigenvalue weighted by Gasteiger charge is 2.20. The van der Waals surface area contributed by atoms with Crippen LogP contribution in [0.25, 0.3) is 10.9 Å². The van der Waals surface area contributed by atoms with E-state index in [4.69, 9.17) is 16.0 Å². The van der Waals surface area contributed by atoms with Crippen LogP contribution in [-0.4, -0.2) is 17.9 Å². The van der Waals surface area contributed by atoms with Gasteiger partial charge in [-0.1, -0.05) is 23.7 Å². The van der Waals surface area contributed by atoms with Gasteiger partial charge in [0.1, 0.15) is 0 Å². The fraction of sp³-hybridized carbons (Fsp3) is 0.0625. The van der Waals surface area contributed by atoms with Crippen molar-refractivity contribution in [1.29, 1.82) is 0 Å². The predicted octanol–water partition coefficient (Wildman–Crippen LogP) is 3.72. The maximum atomic E-state index is 12.6. The van der Waals surface area contributed by atoms with Gasteiger partial charge in [0, 0.05) is 15.6 Å². The lowest BCUT2D eigenvalue weighted by Crippen LogP contribution is -2.28. The molecule has 0 radical (unpaired) electrons. The summed E-state index contributed by atoms with van der Waals surface area (Å²) in [7, 11) is 1.51. The molecule has 0 spiro atoms. The van der Waals surface area contributed by atoms with Gasteiger partial charge in [-0.2, -0.15) is 4.98 Å². The third kappa shape index (κ3) is 3.09. The van der Waals surface area contributed by atoms with E-state index in [9.17, 15) is 9.59 Å². The molecule has 0 fully saturated rings. The molecule has 1 heterocycles. The van der Waals surface area contributed by atoms with Crippen LogP contribution in [0.2, 0.25) is 5.02 Å². The second-order valence-electron chi connectivity index (χ2n) is 4.79. The van der Waals surface area contributed by atoms with Crippen LogP contribution in [-0.2, 0) is 0 Å². The normalized spacial score (nSPS) is 10.7. The Bertz CT molecular complexity index is 971. The van der Waals surface area contributed by atoms with E-state index in [1.807, 2.05) is 12.1 Å². The van der Waals surface area contributed by atoms with Crippen molar-refractivity contribution < 1.29 is 9.21 Å². The van der Waals surface area contributed by atoms with E-state index in [-0.39, 0.29) is 17.3 Å². The number of nitrogens with zero attached hydrogens (tertiary/aromatic N) is 2. The maximum Gasteiger partial charge on any atom is 0.348 e. The number of carbonyl (C=O) groups is 1. The van der Waals surface area contributed by atoms with E-state index in [0.29, 0.717) is 16.1 Å². The first-order valence-corrected chi connectivity index (χ1v) is 8.06. The molecule has 0 bridgehead atoms. The molecule has 0 saturated heterocycles. The van der Waals surface area contributed by atoms with Gasteiger partial charge in [0.2, 0.25) is 0 Å². The van der Waals surface area contributed by atoms with Crippen LogP contribution in [0.1, 0.15) is 10.4 Å². The third-order valence-corrected chi connectivity index (χ3v) is 4.45. The van der Waals surface area contributed by atoms with Crippen LogP contribution in [0.5, 0.6) is 0 Å². The number of rotatable bonds is 2. The van der Waals surface area contributed by atoms with E-state index < -0.39 is 5.63 Å². The van der Waals surface area contributed by atoms with Crippen molar-refractivity contribution in [2.24, 2.45) is 0 Å². The lowest BCUT2D eigenvalue weighted by molar-refractivity contribution is 0.0986. The van der Waals surface area contributed by atoms with Gasteiger partial charge in [0.05, 0.1) is 16.5 Å². The zero-order chi connectivity index (χ0) is 16.6. The monoisotopic (exact) mass is 440 g/mol. The van der Waals surface area contributed by atoms with Gasteiger partial charge in [0.25, 0.3) is 5.91 Å². The minimum absolute atomic E-state index is 0.0607. The molecule has 3 rings (SSSR count). The highest BCUT2D eigenvalue weighted by molar-refractivity contribution is 14.1. The molecule has 0 aliphatic rings. The Morgan fingerprint density at radius 2 is 2.00 bits per heavy atom. The smallest absolute Gasteiger partial charge is 0.348 e. The second kappa shape index (κ2) is 6.29. The molecule has 0 atom stereocenters. The van der Waals surface area contributed by atoms with Crippen molar-refractivity contribution in [3.05, 3.63) is 67.0 Å². The fourth-order valence-electron chi connectivity index (χ4n) is 2.08. The number of halogens is 2. The predicted molar refractivity (Wildman–Crippen MR) is 97.2 cm³/mol. The quantitative estimate of drug-likeness (QED) is 0.570. The molecule has 1 aromatic heterocycles. The molecule has 5 nitrogen and oxygen atoms in total. The van der Waals surface area contributed by atoms with Crippen LogP contribution >= 0.6 is 34.2 Å². The third-order valence-electron chi connectivity index (χ3n) is 3.27. The summed E-state index contributed by atoms with van der Waals surface area (Å²) in [6, 6.07) is 11.8. The first-order chi connectivity index (χ1) is 11.0. The lowest BCUT2D eigenvalue weighted by Gasteiger charge is -2.15. The van der Waals surface area contributed by atoms with E-state index in [1.165, 1.54) is 18.0 Å². The fourth-order valence-corrected chi connectivity index (χ4v) is 2.87. The summed E-state index contributed by atoms with van der Waals surface area (Å²) in [4.78, 5) is 30.1. The first-order valence-electron chi connectivity index (χ1n) is 6.60. The highest BCUT2D eigenvalue weighted by Crippen LogP contribution is 2.20. The summed E-state index contributed by atoms with van der Waals surface area (Å²) in [5, 5.41) is 0.694. The summed E-state index contributed by atoms with van der Waals surface area (Å²) in [5.41, 5.74) is 0.342. The number of carbonyl (C=O) groups excluding carboxylic acids is 1. The lowest BCUT2D eigenvalue weighted by atomic mass is 10.2. The number of aromatic nitrogens is 1. The summed E-state index contributed by atoms with van der Waals surface area (Å²) < 4.78 is 5.97. The zero-order valence-electron chi connectivity index (χ0n) is 11.9. The van der Waals surface area contributed by atoms with E-state index in [0.717, 1.165) is 3.57 Å². The maximum absolute atomic E-state index is 12.6. The van der Waals surface area contributed by atoms with Crippen LogP contribution in [0.4, 0.5) is 6.01 Å². The number of fused-ring (bicyclic) bond motifs is 1. The molecule has 0 aliphatic carbocycles. The molecule has 2 aromatic carbocycles. The van der Waals surface area contributed by atoms with Gasteiger partial charge in [-0.25, -0.2) is 4.79 Å². The SMILES string of the molecule is CN(C(=O)c1ccccc1I)c1nc2ccc(Cl)cc2c(=O)o1. The second-order valence-corrected chi connectivity index (χ2v) is 6.39. The number of hydrogen-bond acceptors (Lipinski definition) is 4. The summed E-state index contributed by atoms with van der Waals surface area (Å²) in [6.45, 7) is 0. The number of amides is 1.